The number of hydrogen-bond donors (Lipinski definition) is 1. The predicted molar refractivity (Wildman–Crippen MR) is 114 cm³/mol. The number of nitrogens with zero attached hydrogens (tertiary/aromatic N) is 1. The first-order valence-corrected chi connectivity index (χ1v) is 10.6. The van der Waals surface area contributed by atoms with Crippen LogP contribution in [0, 0.1) is 5.82 Å². The van der Waals surface area contributed by atoms with E-state index in [1.807, 2.05) is 31.2 Å². The second-order valence-electron chi connectivity index (χ2n) is 6.29. The van der Waals surface area contributed by atoms with Crippen molar-refractivity contribution in [3.05, 3.63) is 80.5 Å². The van der Waals surface area contributed by atoms with E-state index in [-0.39, 0.29) is 24.2 Å². The number of aromatic nitrogens is 1. The normalized spacial score (nSPS) is 11.6. The molecule has 0 aliphatic rings. The molecule has 0 radical (unpaired) electrons. The molecule has 1 heterocycles. The van der Waals surface area contributed by atoms with Gasteiger partial charge in [-0.05, 0) is 48.9 Å². The van der Waals surface area contributed by atoms with E-state index in [0.717, 1.165) is 10.0 Å². The maximum atomic E-state index is 12.9. The van der Waals surface area contributed by atoms with Gasteiger partial charge in [0.1, 0.15) is 23.2 Å². The molecule has 2 aromatic carbocycles. The maximum absolute atomic E-state index is 12.9. The first kappa shape index (κ1) is 21.9. The number of esters is 1. The monoisotopic (exact) mass is 492 g/mol. The minimum absolute atomic E-state index is 0.103. The van der Waals surface area contributed by atoms with Gasteiger partial charge >= 0.3 is 5.97 Å². The van der Waals surface area contributed by atoms with E-state index in [9.17, 15) is 14.0 Å². The lowest BCUT2D eigenvalue weighted by atomic mass is 10.1. The quantitative estimate of drug-likeness (QED) is 0.462. The smallest absolute Gasteiger partial charge is 0.358 e. The van der Waals surface area contributed by atoms with E-state index in [1.165, 1.54) is 41.0 Å². The molecule has 0 aliphatic carbocycles. The minimum atomic E-state index is -0.689. The summed E-state index contributed by atoms with van der Waals surface area (Å²) in [6, 6.07) is 12.9. The molecule has 6 nitrogen and oxygen atoms in total. The Morgan fingerprint density at radius 1 is 1.17 bits per heavy atom. The SMILES string of the molecule is CC(NC(=O)COC(=O)c1csc(COc2ccc(F)cc2)n1)c1ccc(Br)cc1. The van der Waals surface area contributed by atoms with E-state index in [2.05, 4.69) is 26.2 Å². The molecule has 0 saturated carbocycles. The molecular weight excluding hydrogens is 475 g/mol. The van der Waals surface area contributed by atoms with Gasteiger partial charge < -0.3 is 14.8 Å². The van der Waals surface area contributed by atoms with Crippen LogP contribution in [0.3, 0.4) is 0 Å². The van der Waals surface area contributed by atoms with Gasteiger partial charge in [0.05, 0.1) is 6.04 Å². The highest BCUT2D eigenvalue weighted by Crippen LogP contribution is 2.17. The molecule has 1 atom stereocenters. The van der Waals surface area contributed by atoms with Crippen LogP contribution in [0.2, 0.25) is 0 Å². The van der Waals surface area contributed by atoms with E-state index < -0.39 is 18.5 Å². The Morgan fingerprint density at radius 3 is 2.57 bits per heavy atom. The fraction of sp³-hybridized carbons (Fsp3) is 0.190. The van der Waals surface area contributed by atoms with Gasteiger partial charge in [0.15, 0.2) is 12.3 Å². The largest absolute Gasteiger partial charge is 0.486 e. The third-order valence-electron chi connectivity index (χ3n) is 4.02. The van der Waals surface area contributed by atoms with Gasteiger partial charge in [-0.15, -0.1) is 11.3 Å². The molecule has 0 saturated heterocycles. The molecule has 1 unspecified atom stereocenters. The summed E-state index contributed by atoms with van der Waals surface area (Å²) in [5, 5.41) is 4.87. The fourth-order valence-corrected chi connectivity index (χ4v) is 3.41. The Morgan fingerprint density at radius 2 is 1.87 bits per heavy atom. The molecule has 0 spiro atoms. The zero-order chi connectivity index (χ0) is 21.5. The second-order valence-corrected chi connectivity index (χ2v) is 8.14. The zero-order valence-electron chi connectivity index (χ0n) is 15.9. The van der Waals surface area contributed by atoms with Crippen LogP contribution in [0.5, 0.6) is 5.75 Å². The molecule has 30 heavy (non-hydrogen) atoms. The average Bonchev–Trinajstić information content (AvgIpc) is 3.21. The van der Waals surface area contributed by atoms with Crippen molar-refractivity contribution in [3.8, 4) is 5.75 Å². The molecule has 0 bridgehead atoms. The van der Waals surface area contributed by atoms with E-state index in [4.69, 9.17) is 9.47 Å². The Bertz CT molecular complexity index is 1010. The van der Waals surface area contributed by atoms with Crippen LogP contribution in [0.4, 0.5) is 4.39 Å². The van der Waals surface area contributed by atoms with Gasteiger partial charge in [-0.3, -0.25) is 4.79 Å². The van der Waals surface area contributed by atoms with E-state index in [1.54, 1.807) is 0 Å². The lowest BCUT2D eigenvalue weighted by molar-refractivity contribution is -0.124. The summed E-state index contributed by atoms with van der Waals surface area (Å²) >= 11 is 4.59. The molecule has 9 heteroatoms. The van der Waals surface area contributed by atoms with Crippen LogP contribution in [0.1, 0.15) is 34.0 Å². The number of thiazole rings is 1. The molecular formula is C21H18BrFN2O4S. The number of amides is 1. The maximum Gasteiger partial charge on any atom is 0.358 e. The van der Waals surface area contributed by atoms with Crippen molar-refractivity contribution in [2.45, 2.75) is 19.6 Å². The number of rotatable bonds is 8. The average molecular weight is 493 g/mol. The van der Waals surface area contributed by atoms with Crippen molar-refractivity contribution in [3.63, 3.8) is 0 Å². The number of ether oxygens (including phenoxy) is 2. The summed E-state index contributed by atoms with van der Waals surface area (Å²) in [7, 11) is 0. The molecule has 1 N–H and O–H groups in total. The Hall–Kier alpha value is -2.78. The first-order valence-electron chi connectivity index (χ1n) is 8.95. The van der Waals surface area contributed by atoms with Crippen molar-refractivity contribution >= 4 is 39.1 Å². The second kappa shape index (κ2) is 10.3. The van der Waals surface area contributed by atoms with E-state index in [0.29, 0.717) is 10.8 Å². The highest BCUT2D eigenvalue weighted by atomic mass is 79.9. The Balaban J connectivity index is 1.44. The lowest BCUT2D eigenvalue weighted by Crippen LogP contribution is -2.31. The molecule has 0 aliphatic heterocycles. The van der Waals surface area contributed by atoms with Crippen molar-refractivity contribution in [1.82, 2.24) is 10.3 Å². The predicted octanol–water partition coefficient (Wildman–Crippen LogP) is 4.66. The topological polar surface area (TPSA) is 77.5 Å². The Labute approximate surface area is 185 Å². The number of carbonyl (C=O) groups is 2. The fourth-order valence-electron chi connectivity index (χ4n) is 2.47. The van der Waals surface area contributed by atoms with Gasteiger partial charge in [-0.25, -0.2) is 14.2 Å². The lowest BCUT2D eigenvalue weighted by Gasteiger charge is -2.14. The van der Waals surface area contributed by atoms with Crippen molar-refractivity contribution in [2.75, 3.05) is 6.61 Å². The van der Waals surface area contributed by atoms with Crippen molar-refractivity contribution in [1.29, 1.82) is 0 Å². The summed E-state index contributed by atoms with van der Waals surface area (Å²) in [5.74, 6) is -0.955. The van der Waals surface area contributed by atoms with Crippen LogP contribution in [0.25, 0.3) is 0 Å². The molecule has 3 rings (SSSR count). The number of hydrogen-bond acceptors (Lipinski definition) is 6. The van der Waals surface area contributed by atoms with Crippen LogP contribution in [0.15, 0.2) is 58.4 Å². The van der Waals surface area contributed by atoms with Gasteiger partial charge in [-0.2, -0.15) is 0 Å². The molecule has 3 aromatic rings. The molecule has 1 aromatic heterocycles. The third kappa shape index (κ3) is 6.36. The van der Waals surface area contributed by atoms with Gasteiger partial charge in [0.25, 0.3) is 5.91 Å². The Kier molecular flexibility index (Phi) is 7.53. The molecule has 156 valence electrons. The van der Waals surface area contributed by atoms with Crippen molar-refractivity contribution < 1.29 is 23.5 Å². The zero-order valence-corrected chi connectivity index (χ0v) is 18.3. The van der Waals surface area contributed by atoms with Crippen LogP contribution < -0.4 is 10.1 Å². The third-order valence-corrected chi connectivity index (χ3v) is 5.37. The summed E-state index contributed by atoms with van der Waals surface area (Å²) in [6.07, 6.45) is 0. The summed E-state index contributed by atoms with van der Waals surface area (Å²) in [4.78, 5) is 28.3. The van der Waals surface area contributed by atoms with Crippen LogP contribution in [-0.4, -0.2) is 23.5 Å². The number of halogens is 2. The summed E-state index contributed by atoms with van der Waals surface area (Å²) in [5.41, 5.74) is 1.04. The summed E-state index contributed by atoms with van der Waals surface area (Å²) < 4.78 is 24.4. The molecule has 0 fully saturated rings. The standard InChI is InChI=1S/C21H18BrFN2O4S/c1-13(14-2-4-15(22)5-3-14)24-19(26)10-29-21(27)18-12-30-20(25-18)11-28-17-8-6-16(23)7-9-17/h2-9,12-13H,10-11H2,1H3,(H,24,26). The minimum Gasteiger partial charge on any atom is -0.486 e. The highest BCUT2D eigenvalue weighted by Gasteiger charge is 2.16. The van der Waals surface area contributed by atoms with Gasteiger partial charge in [-0.1, -0.05) is 28.1 Å². The first-order chi connectivity index (χ1) is 14.4. The van der Waals surface area contributed by atoms with Crippen molar-refractivity contribution in [2.24, 2.45) is 0 Å². The number of carbonyl (C=O) groups excluding carboxylic acids is 2. The number of nitrogens with one attached hydrogen (secondary N) is 1. The van der Waals surface area contributed by atoms with Crippen LogP contribution in [-0.2, 0) is 16.1 Å². The summed E-state index contributed by atoms with van der Waals surface area (Å²) in [6.45, 7) is 1.57. The van der Waals surface area contributed by atoms with Crippen LogP contribution >= 0.6 is 27.3 Å². The van der Waals surface area contributed by atoms with Gasteiger partial charge in [0.2, 0.25) is 0 Å². The van der Waals surface area contributed by atoms with E-state index >= 15 is 0 Å². The van der Waals surface area contributed by atoms with Gasteiger partial charge in [0, 0.05) is 9.85 Å². The molecule has 1 amide bonds. The highest BCUT2D eigenvalue weighted by molar-refractivity contribution is 9.10. The number of benzene rings is 2.